The number of methoxy groups -OCH3 is 2. The van der Waals surface area contributed by atoms with Gasteiger partial charge in [-0.1, -0.05) is 28.9 Å². The maximum Gasteiger partial charge on any atom is 0.269 e. The van der Waals surface area contributed by atoms with E-state index in [1.807, 2.05) is 0 Å². The summed E-state index contributed by atoms with van der Waals surface area (Å²) in [6.07, 6.45) is 0. The number of thiophene rings is 1. The van der Waals surface area contributed by atoms with Crippen LogP contribution in [0.25, 0.3) is 22.2 Å². The molecule has 0 bridgehead atoms. The second-order valence-electron chi connectivity index (χ2n) is 6.59. The molecule has 0 radical (unpaired) electrons. The molecule has 4 aromatic rings. The van der Waals surface area contributed by atoms with Crippen molar-refractivity contribution in [2.75, 3.05) is 25.6 Å². The van der Waals surface area contributed by atoms with Crippen molar-refractivity contribution in [1.82, 2.24) is 10.1 Å². The minimum Gasteiger partial charge on any atom is -0.497 e. The SMILES string of the molecule is COc1cc(OC)cc(N(C)S(=O)(=O)c2ccsc2-c2nc(-c3cccc(Cl)c3)no2)c1. The average molecular weight is 492 g/mol. The van der Waals surface area contributed by atoms with Crippen LogP contribution >= 0.6 is 22.9 Å². The molecular weight excluding hydrogens is 474 g/mol. The molecule has 0 amide bonds. The van der Waals surface area contributed by atoms with E-state index in [0.29, 0.717) is 38.5 Å². The van der Waals surface area contributed by atoms with Crippen molar-refractivity contribution in [1.29, 1.82) is 0 Å². The third-order valence-electron chi connectivity index (χ3n) is 4.67. The summed E-state index contributed by atoms with van der Waals surface area (Å²) in [6, 6.07) is 13.4. The maximum absolute atomic E-state index is 13.5. The number of halogens is 1. The molecule has 0 atom stereocenters. The van der Waals surface area contributed by atoms with E-state index in [0.717, 1.165) is 4.31 Å². The molecule has 32 heavy (non-hydrogen) atoms. The van der Waals surface area contributed by atoms with Crippen LogP contribution in [0.1, 0.15) is 0 Å². The molecule has 0 aliphatic rings. The average Bonchev–Trinajstić information content (AvgIpc) is 3.48. The van der Waals surface area contributed by atoms with E-state index in [2.05, 4.69) is 10.1 Å². The summed E-state index contributed by atoms with van der Waals surface area (Å²) in [7, 11) is 0.493. The second kappa shape index (κ2) is 8.81. The number of hydrogen-bond acceptors (Lipinski definition) is 8. The lowest BCUT2D eigenvalue weighted by molar-refractivity contribution is 0.394. The van der Waals surface area contributed by atoms with Gasteiger partial charge in [0.1, 0.15) is 21.3 Å². The molecule has 0 spiro atoms. The van der Waals surface area contributed by atoms with E-state index in [4.69, 9.17) is 25.6 Å². The Bertz CT molecular complexity index is 1350. The fourth-order valence-electron chi connectivity index (χ4n) is 2.98. The van der Waals surface area contributed by atoms with Crippen LogP contribution in [0, 0.1) is 0 Å². The first-order valence-corrected chi connectivity index (χ1v) is 11.9. The Labute approximate surface area is 194 Å². The Kier molecular flexibility index (Phi) is 6.09. The highest BCUT2D eigenvalue weighted by Gasteiger charge is 2.29. The number of hydrogen-bond donors (Lipinski definition) is 0. The van der Waals surface area contributed by atoms with E-state index in [9.17, 15) is 8.42 Å². The van der Waals surface area contributed by atoms with Crippen LogP contribution in [0.4, 0.5) is 5.69 Å². The largest absolute Gasteiger partial charge is 0.497 e. The van der Waals surface area contributed by atoms with Crippen LogP contribution in [0.3, 0.4) is 0 Å². The first kappa shape index (κ1) is 22.1. The van der Waals surface area contributed by atoms with Crippen molar-refractivity contribution in [2.24, 2.45) is 0 Å². The summed E-state index contributed by atoms with van der Waals surface area (Å²) in [5, 5.41) is 6.16. The molecule has 2 heterocycles. The van der Waals surface area contributed by atoms with Gasteiger partial charge in [0.2, 0.25) is 5.82 Å². The predicted octanol–water partition coefficient (Wildman–Crippen LogP) is 4.96. The van der Waals surface area contributed by atoms with Crippen LogP contribution in [0.15, 0.2) is 63.3 Å². The summed E-state index contributed by atoms with van der Waals surface area (Å²) in [5.74, 6) is 1.35. The Hall–Kier alpha value is -3.08. The van der Waals surface area contributed by atoms with Crippen LogP contribution in [0.2, 0.25) is 5.02 Å². The van der Waals surface area contributed by atoms with Crippen LogP contribution < -0.4 is 13.8 Å². The Morgan fingerprint density at radius 2 is 1.78 bits per heavy atom. The van der Waals surface area contributed by atoms with Gasteiger partial charge in [-0.2, -0.15) is 4.98 Å². The van der Waals surface area contributed by atoms with E-state index in [-0.39, 0.29) is 10.8 Å². The van der Waals surface area contributed by atoms with Crippen LogP contribution in [-0.4, -0.2) is 39.8 Å². The number of ether oxygens (including phenoxy) is 2. The lowest BCUT2D eigenvalue weighted by Gasteiger charge is -2.20. The lowest BCUT2D eigenvalue weighted by atomic mass is 10.2. The summed E-state index contributed by atoms with van der Waals surface area (Å²) in [5.41, 5.74) is 1.04. The van der Waals surface area contributed by atoms with Gasteiger partial charge in [0, 0.05) is 35.8 Å². The summed E-state index contributed by atoms with van der Waals surface area (Å²) < 4.78 is 43.9. The van der Waals surface area contributed by atoms with Crippen LogP contribution in [0.5, 0.6) is 11.5 Å². The quantitative estimate of drug-likeness (QED) is 0.360. The summed E-state index contributed by atoms with van der Waals surface area (Å²) in [6.45, 7) is 0. The number of aromatic nitrogens is 2. The number of nitrogens with zero attached hydrogens (tertiary/aromatic N) is 3. The molecule has 11 heteroatoms. The monoisotopic (exact) mass is 491 g/mol. The molecule has 0 unspecified atom stereocenters. The Balaban J connectivity index is 1.72. The van der Waals surface area contributed by atoms with E-state index < -0.39 is 10.0 Å². The zero-order valence-corrected chi connectivity index (χ0v) is 19.7. The molecular formula is C21H18ClN3O5S2. The molecule has 0 aliphatic carbocycles. The number of sulfonamides is 1. The van der Waals surface area contributed by atoms with Gasteiger partial charge in [-0.15, -0.1) is 11.3 Å². The maximum atomic E-state index is 13.5. The molecule has 2 aromatic heterocycles. The first-order valence-electron chi connectivity index (χ1n) is 9.23. The third-order valence-corrected chi connectivity index (χ3v) is 7.77. The van der Waals surface area contributed by atoms with E-state index in [1.165, 1.54) is 38.7 Å². The van der Waals surface area contributed by atoms with Crippen LogP contribution in [-0.2, 0) is 10.0 Å². The standard InChI is InChI=1S/C21H18ClN3O5S2/c1-25(15-10-16(28-2)12-17(11-15)29-3)32(26,27)18-7-8-31-19(18)21-23-20(24-30-21)13-5-4-6-14(22)9-13/h4-12H,1-3H3. The second-order valence-corrected chi connectivity index (χ2v) is 9.88. The molecule has 0 N–H and O–H groups in total. The van der Waals surface area contributed by atoms with Gasteiger partial charge in [0.15, 0.2) is 0 Å². The smallest absolute Gasteiger partial charge is 0.269 e. The van der Waals surface area contributed by atoms with Gasteiger partial charge in [-0.05, 0) is 23.6 Å². The van der Waals surface area contributed by atoms with E-state index >= 15 is 0 Å². The molecule has 2 aromatic carbocycles. The molecule has 0 saturated carbocycles. The highest BCUT2D eigenvalue weighted by molar-refractivity contribution is 7.93. The molecule has 166 valence electrons. The Morgan fingerprint density at radius 1 is 1.06 bits per heavy atom. The fraction of sp³-hybridized carbons (Fsp3) is 0.143. The predicted molar refractivity (Wildman–Crippen MR) is 123 cm³/mol. The third kappa shape index (κ3) is 4.16. The van der Waals surface area contributed by atoms with Crippen molar-refractivity contribution in [3.8, 4) is 33.7 Å². The van der Waals surface area contributed by atoms with Crippen molar-refractivity contribution in [3.05, 3.63) is 58.9 Å². The zero-order chi connectivity index (χ0) is 22.9. The van der Waals surface area contributed by atoms with Crippen molar-refractivity contribution in [2.45, 2.75) is 4.90 Å². The first-order chi connectivity index (χ1) is 15.3. The molecule has 8 nitrogen and oxygen atoms in total. The lowest BCUT2D eigenvalue weighted by Crippen LogP contribution is -2.26. The zero-order valence-electron chi connectivity index (χ0n) is 17.3. The van der Waals surface area contributed by atoms with Crippen molar-refractivity contribution in [3.63, 3.8) is 0 Å². The Morgan fingerprint density at radius 3 is 2.44 bits per heavy atom. The van der Waals surface area contributed by atoms with Crippen molar-refractivity contribution < 1.29 is 22.4 Å². The topological polar surface area (TPSA) is 94.8 Å². The van der Waals surface area contributed by atoms with Gasteiger partial charge in [0.05, 0.1) is 19.9 Å². The normalized spacial score (nSPS) is 11.4. The molecule has 0 aliphatic heterocycles. The van der Waals surface area contributed by atoms with Gasteiger partial charge in [0.25, 0.3) is 15.9 Å². The molecule has 0 saturated heterocycles. The van der Waals surface area contributed by atoms with Gasteiger partial charge in [-0.3, -0.25) is 4.31 Å². The minimum absolute atomic E-state index is 0.0491. The number of rotatable bonds is 7. The summed E-state index contributed by atoms with van der Waals surface area (Å²) in [4.78, 5) is 4.77. The fourth-order valence-corrected chi connectivity index (χ4v) is 5.66. The highest BCUT2D eigenvalue weighted by atomic mass is 35.5. The summed E-state index contributed by atoms with van der Waals surface area (Å²) >= 11 is 7.23. The van der Waals surface area contributed by atoms with Crippen molar-refractivity contribution >= 4 is 38.6 Å². The minimum atomic E-state index is -3.96. The van der Waals surface area contributed by atoms with Gasteiger partial charge >= 0.3 is 0 Å². The van der Waals surface area contributed by atoms with Gasteiger partial charge < -0.3 is 14.0 Å². The highest BCUT2D eigenvalue weighted by Crippen LogP contribution is 2.37. The molecule has 0 fully saturated rings. The van der Waals surface area contributed by atoms with Gasteiger partial charge in [-0.25, -0.2) is 8.42 Å². The number of anilines is 1. The number of benzene rings is 2. The molecule has 4 rings (SSSR count). The van der Waals surface area contributed by atoms with E-state index in [1.54, 1.807) is 47.8 Å².